The highest BCUT2D eigenvalue weighted by Crippen LogP contribution is 2.29. The van der Waals surface area contributed by atoms with Crippen LogP contribution in [0.25, 0.3) is 11.5 Å². The van der Waals surface area contributed by atoms with E-state index in [-0.39, 0.29) is 22.0 Å². The topological polar surface area (TPSA) is 137 Å². The number of ether oxygens (including phenoxy) is 1. The number of nitrogens with one attached hydrogen (secondary N) is 1. The van der Waals surface area contributed by atoms with Crippen LogP contribution in [-0.4, -0.2) is 26.9 Å². The minimum absolute atomic E-state index is 0.0711. The Kier molecular flexibility index (Phi) is 6.83. The first kappa shape index (κ1) is 23.6. The molecule has 35 heavy (non-hydrogen) atoms. The number of aryl methyl sites for hydroxylation is 1. The second-order valence-corrected chi connectivity index (χ2v) is 7.74. The van der Waals surface area contributed by atoms with Gasteiger partial charge in [-0.1, -0.05) is 47.1 Å². The maximum Gasteiger partial charge on any atom is 0.339 e. The number of nitro benzene ring substituents is 1. The molecule has 0 bridgehead atoms. The highest BCUT2D eigenvalue weighted by molar-refractivity contribution is 6.32. The van der Waals surface area contributed by atoms with Gasteiger partial charge in [0.25, 0.3) is 17.5 Å². The summed E-state index contributed by atoms with van der Waals surface area (Å²) in [4.78, 5) is 40.6. The van der Waals surface area contributed by atoms with Gasteiger partial charge >= 0.3 is 5.97 Å². The van der Waals surface area contributed by atoms with Crippen molar-refractivity contribution in [2.75, 3.05) is 5.32 Å². The van der Waals surface area contributed by atoms with Gasteiger partial charge < -0.3 is 14.6 Å². The first-order valence-corrected chi connectivity index (χ1v) is 10.6. The highest BCUT2D eigenvalue weighted by atomic mass is 35.5. The molecule has 1 aromatic heterocycles. The molecular weight excluding hydrogens is 476 g/mol. The van der Waals surface area contributed by atoms with Crippen LogP contribution in [0.5, 0.6) is 0 Å². The van der Waals surface area contributed by atoms with Crippen molar-refractivity contribution in [2.24, 2.45) is 0 Å². The van der Waals surface area contributed by atoms with Gasteiger partial charge in [-0.05, 0) is 43.3 Å². The van der Waals surface area contributed by atoms with Crippen LogP contribution >= 0.6 is 11.6 Å². The van der Waals surface area contributed by atoms with Crippen molar-refractivity contribution >= 4 is 34.9 Å². The molecule has 0 aliphatic heterocycles. The smallest absolute Gasteiger partial charge is 0.339 e. The standard InChI is InChI=1S/C24H17ClN4O6/c1-14-26-23(35-28-14)16-7-9-17(10-8-16)24(31)34-21(15-5-3-2-4-6-15)22(30)27-18-11-12-19(25)20(13-18)29(32)33/h2-13,21H,1H3,(H,27,30)/t21-/m0/s1. The Balaban J connectivity index is 1.55. The number of nitrogens with zero attached hydrogens (tertiary/aromatic N) is 3. The summed E-state index contributed by atoms with van der Waals surface area (Å²) in [5.41, 5.74) is 0.987. The van der Waals surface area contributed by atoms with Crippen molar-refractivity contribution in [3.63, 3.8) is 0 Å². The van der Waals surface area contributed by atoms with Crippen LogP contribution < -0.4 is 5.32 Å². The predicted molar refractivity (Wildman–Crippen MR) is 126 cm³/mol. The van der Waals surface area contributed by atoms with E-state index in [0.29, 0.717) is 22.8 Å². The molecule has 3 aromatic carbocycles. The van der Waals surface area contributed by atoms with E-state index in [1.165, 1.54) is 24.3 Å². The average Bonchev–Trinajstić information content (AvgIpc) is 3.30. The number of carbonyl (C=O) groups is 2. The SMILES string of the molecule is Cc1noc(-c2ccc(C(=O)O[C@H](C(=O)Nc3ccc(Cl)c([N+](=O)[O-])c3)c3ccccc3)cc2)n1. The van der Waals surface area contributed by atoms with Crippen LogP contribution in [0.3, 0.4) is 0 Å². The van der Waals surface area contributed by atoms with E-state index in [1.807, 2.05) is 0 Å². The predicted octanol–water partition coefficient (Wildman–Crippen LogP) is 5.14. The molecule has 176 valence electrons. The molecule has 0 radical (unpaired) electrons. The fraction of sp³-hybridized carbons (Fsp3) is 0.0833. The Morgan fingerprint density at radius 1 is 1.09 bits per heavy atom. The molecule has 4 rings (SSSR count). The first-order chi connectivity index (χ1) is 16.8. The number of rotatable bonds is 7. The molecule has 1 N–H and O–H groups in total. The molecule has 0 unspecified atom stereocenters. The second-order valence-electron chi connectivity index (χ2n) is 7.33. The summed E-state index contributed by atoms with van der Waals surface area (Å²) in [5, 5.41) is 17.4. The van der Waals surface area contributed by atoms with Crippen LogP contribution in [0.2, 0.25) is 5.02 Å². The van der Waals surface area contributed by atoms with Gasteiger partial charge in [0.05, 0.1) is 10.5 Å². The van der Waals surface area contributed by atoms with Gasteiger partial charge in [-0.2, -0.15) is 4.98 Å². The van der Waals surface area contributed by atoms with Crippen molar-refractivity contribution in [2.45, 2.75) is 13.0 Å². The molecule has 1 atom stereocenters. The van der Waals surface area contributed by atoms with Gasteiger partial charge in [0.15, 0.2) is 5.82 Å². The van der Waals surface area contributed by atoms with Gasteiger partial charge in [-0.3, -0.25) is 14.9 Å². The van der Waals surface area contributed by atoms with Crippen LogP contribution in [0, 0.1) is 17.0 Å². The molecule has 10 nitrogen and oxygen atoms in total. The fourth-order valence-corrected chi connectivity index (χ4v) is 3.36. The maximum absolute atomic E-state index is 13.1. The molecule has 0 aliphatic rings. The van der Waals surface area contributed by atoms with Crippen molar-refractivity contribution in [3.8, 4) is 11.5 Å². The third-order valence-corrected chi connectivity index (χ3v) is 5.19. The number of esters is 1. The molecule has 11 heteroatoms. The summed E-state index contributed by atoms with van der Waals surface area (Å²) in [6, 6.07) is 18.5. The van der Waals surface area contributed by atoms with Crippen LogP contribution in [0.4, 0.5) is 11.4 Å². The average molecular weight is 493 g/mol. The molecule has 0 saturated heterocycles. The fourth-order valence-electron chi connectivity index (χ4n) is 3.18. The summed E-state index contributed by atoms with van der Waals surface area (Å²) in [5.74, 6) is -0.657. The number of nitro groups is 1. The first-order valence-electron chi connectivity index (χ1n) is 10.2. The van der Waals surface area contributed by atoms with Gasteiger partial charge in [-0.25, -0.2) is 4.79 Å². The van der Waals surface area contributed by atoms with Gasteiger partial charge in [0, 0.05) is 22.9 Å². The summed E-state index contributed by atoms with van der Waals surface area (Å²) in [6.45, 7) is 1.69. The lowest BCUT2D eigenvalue weighted by molar-refractivity contribution is -0.384. The Hall–Kier alpha value is -4.57. The van der Waals surface area contributed by atoms with Crippen LogP contribution in [-0.2, 0) is 9.53 Å². The number of carbonyl (C=O) groups excluding carboxylic acids is 2. The zero-order chi connectivity index (χ0) is 24.9. The summed E-state index contributed by atoms with van der Waals surface area (Å²) >= 11 is 5.84. The van der Waals surface area contributed by atoms with Crippen LogP contribution in [0.15, 0.2) is 77.3 Å². The van der Waals surface area contributed by atoms with Gasteiger partial charge in [0.1, 0.15) is 5.02 Å². The van der Waals surface area contributed by atoms with Crippen molar-refractivity contribution in [1.29, 1.82) is 0 Å². The maximum atomic E-state index is 13.1. The number of halogens is 1. The minimum atomic E-state index is -1.32. The Morgan fingerprint density at radius 2 is 1.80 bits per heavy atom. The Labute approximate surface area is 203 Å². The van der Waals surface area contributed by atoms with E-state index in [9.17, 15) is 19.7 Å². The van der Waals surface area contributed by atoms with E-state index < -0.39 is 22.9 Å². The van der Waals surface area contributed by atoms with Crippen molar-refractivity contribution in [3.05, 3.63) is 105 Å². The quantitative estimate of drug-likeness (QED) is 0.212. The van der Waals surface area contributed by atoms with E-state index in [1.54, 1.807) is 49.4 Å². The lowest BCUT2D eigenvalue weighted by Crippen LogP contribution is -2.26. The molecule has 1 amide bonds. The number of hydrogen-bond donors (Lipinski definition) is 1. The van der Waals surface area contributed by atoms with E-state index in [2.05, 4.69) is 15.5 Å². The zero-order valence-electron chi connectivity index (χ0n) is 18.2. The molecule has 0 saturated carbocycles. The lowest BCUT2D eigenvalue weighted by atomic mass is 10.1. The number of aromatic nitrogens is 2. The van der Waals surface area contributed by atoms with Gasteiger partial charge in [0.2, 0.25) is 6.10 Å². The second kappa shape index (κ2) is 10.1. The highest BCUT2D eigenvalue weighted by Gasteiger charge is 2.26. The molecule has 0 aliphatic carbocycles. The van der Waals surface area contributed by atoms with Crippen LogP contribution in [0.1, 0.15) is 27.8 Å². The molecule has 0 fully saturated rings. The number of benzene rings is 3. The zero-order valence-corrected chi connectivity index (χ0v) is 18.9. The van der Waals surface area contributed by atoms with E-state index >= 15 is 0 Å². The monoisotopic (exact) mass is 492 g/mol. The summed E-state index contributed by atoms with van der Waals surface area (Å²) < 4.78 is 10.7. The number of amides is 1. The third kappa shape index (κ3) is 5.50. The largest absolute Gasteiger partial charge is 0.444 e. The number of hydrogen-bond acceptors (Lipinski definition) is 8. The normalized spacial score (nSPS) is 11.5. The van der Waals surface area contributed by atoms with Gasteiger partial charge in [-0.15, -0.1) is 0 Å². The van der Waals surface area contributed by atoms with E-state index in [0.717, 1.165) is 6.07 Å². The molecule has 1 heterocycles. The van der Waals surface area contributed by atoms with E-state index in [4.69, 9.17) is 20.9 Å². The summed E-state index contributed by atoms with van der Waals surface area (Å²) in [7, 11) is 0. The van der Waals surface area contributed by atoms with Crippen molar-refractivity contribution in [1.82, 2.24) is 10.1 Å². The minimum Gasteiger partial charge on any atom is -0.444 e. The Bertz CT molecular complexity index is 1390. The number of anilines is 1. The molecule has 4 aromatic rings. The lowest BCUT2D eigenvalue weighted by Gasteiger charge is -2.18. The Morgan fingerprint density at radius 3 is 2.43 bits per heavy atom. The molecule has 0 spiro atoms. The summed E-state index contributed by atoms with van der Waals surface area (Å²) in [6.07, 6.45) is -1.32. The van der Waals surface area contributed by atoms with Crippen molar-refractivity contribution < 1.29 is 23.8 Å². The third-order valence-electron chi connectivity index (χ3n) is 4.87. The molecular formula is C24H17ClN4O6.